The zero-order valence-electron chi connectivity index (χ0n) is 16.8. The molecule has 0 atom stereocenters. The van der Waals surface area contributed by atoms with Crippen LogP contribution in [0.2, 0.25) is 0 Å². The number of nitrogens with one attached hydrogen (secondary N) is 2. The first-order valence-corrected chi connectivity index (χ1v) is 10.5. The lowest BCUT2D eigenvalue weighted by atomic mass is 10.1. The Hall–Kier alpha value is -3.39. The van der Waals surface area contributed by atoms with Gasteiger partial charge in [-0.05, 0) is 76.4 Å². The molecular weight excluding hydrogens is 464 g/mol. The standard InChI is InChI=1S/C23H21BrN2O5/c1-2-13-30-23(29)16-5-9-17(10-6-16)25-21(27)14-15-3-7-18(8-4-15)26-22(28)19-11-12-20(24)31-19/h3-12H,2,13-14H2,1H3,(H,25,27)(H,26,28). The maximum atomic E-state index is 12.3. The van der Waals surface area contributed by atoms with Crippen molar-refractivity contribution in [2.45, 2.75) is 19.8 Å². The summed E-state index contributed by atoms with van der Waals surface area (Å²) in [6.45, 7) is 2.30. The Morgan fingerprint density at radius 1 is 0.903 bits per heavy atom. The molecule has 0 aliphatic heterocycles. The summed E-state index contributed by atoms with van der Waals surface area (Å²) in [5.74, 6) is -0.747. The molecule has 0 unspecified atom stereocenters. The van der Waals surface area contributed by atoms with Crippen LogP contribution in [0, 0.1) is 0 Å². The van der Waals surface area contributed by atoms with Crippen molar-refractivity contribution in [2.75, 3.05) is 17.2 Å². The number of rotatable bonds is 8. The highest BCUT2D eigenvalue weighted by molar-refractivity contribution is 9.10. The number of carbonyl (C=O) groups excluding carboxylic acids is 3. The van der Waals surface area contributed by atoms with Gasteiger partial charge in [0.05, 0.1) is 18.6 Å². The van der Waals surface area contributed by atoms with Gasteiger partial charge in [-0.3, -0.25) is 9.59 Å². The minimum atomic E-state index is -0.383. The molecule has 1 aromatic heterocycles. The maximum Gasteiger partial charge on any atom is 0.338 e. The summed E-state index contributed by atoms with van der Waals surface area (Å²) in [6.07, 6.45) is 0.925. The molecule has 2 N–H and O–H groups in total. The summed E-state index contributed by atoms with van der Waals surface area (Å²) >= 11 is 3.16. The molecule has 0 bridgehead atoms. The van der Waals surface area contributed by atoms with Gasteiger partial charge in [0.1, 0.15) is 0 Å². The molecule has 160 valence electrons. The van der Waals surface area contributed by atoms with E-state index in [0.29, 0.717) is 28.2 Å². The number of halogens is 1. The Labute approximate surface area is 187 Å². The highest BCUT2D eigenvalue weighted by Gasteiger charge is 2.11. The molecule has 0 spiro atoms. The third-order valence-corrected chi connectivity index (χ3v) is 4.64. The van der Waals surface area contributed by atoms with E-state index in [9.17, 15) is 14.4 Å². The topological polar surface area (TPSA) is 97.6 Å². The van der Waals surface area contributed by atoms with Gasteiger partial charge in [-0.15, -0.1) is 0 Å². The summed E-state index contributed by atoms with van der Waals surface area (Å²) in [7, 11) is 0. The van der Waals surface area contributed by atoms with Crippen LogP contribution in [0.5, 0.6) is 0 Å². The Morgan fingerprint density at radius 3 is 2.16 bits per heavy atom. The molecule has 1 heterocycles. The summed E-state index contributed by atoms with van der Waals surface area (Å²) in [4.78, 5) is 36.2. The van der Waals surface area contributed by atoms with E-state index in [1.807, 2.05) is 6.92 Å². The molecule has 0 saturated heterocycles. The minimum Gasteiger partial charge on any atom is -0.462 e. The van der Waals surface area contributed by atoms with Gasteiger partial charge in [0.25, 0.3) is 5.91 Å². The van der Waals surface area contributed by atoms with Crippen molar-refractivity contribution >= 4 is 45.1 Å². The van der Waals surface area contributed by atoms with Gasteiger partial charge in [-0.1, -0.05) is 19.1 Å². The predicted molar refractivity (Wildman–Crippen MR) is 120 cm³/mol. The summed E-state index contributed by atoms with van der Waals surface area (Å²) in [5.41, 5.74) is 2.40. The van der Waals surface area contributed by atoms with Gasteiger partial charge in [0, 0.05) is 11.4 Å². The fourth-order valence-corrected chi connectivity index (χ4v) is 3.00. The molecule has 0 radical (unpaired) electrons. The first-order valence-electron chi connectivity index (χ1n) is 9.67. The van der Waals surface area contributed by atoms with E-state index in [-0.39, 0.29) is 30.0 Å². The van der Waals surface area contributed by atoms with E-state index in [1.54, 1.807) is 60.7 Å². The number of esters is 1. The van der Waals surface area contributed by atoms with Crippen LogP contribution in [0.3, 0.4) is 0 Å². The third kappa shape index (κ3) is 6.55. The average molecular weight is 485 g/mol. The van der Waals surface area contributed by atoms with Crippen LogP contribution < -0.4 is 10.6 Å². The number of anilines is 2. The predicted octanol–water partition coefficient (Wildman–Crippen LogP) is 5.04. The van der Waals surface area contributed by atoms with Crippen LogP contribution in [0.1, 0.15) is 39.8 Å². The molecule has 2 aromatic carbocycles. The van der Waals surface area contributed by atoms with Crippen LogP contribution in [-0.2, 0) is 16.0 Å². The second-order valence-corrected chi connectivity index (χ2v) is 7.47. The van der Waals surface area contributed by atoms with Crippen LogP contribution in [0.4, 0.5) is 11.4 Å². The van der Waals surface area contributed by atoms with Gasteiger partial charge in [-0.25, -0.2) is 4.79 Å². The van der Waals surface area contributed by atoms with Crippen molar-refractivity contribution in [1.29, 1.82) is 0 Å². The van der Waals surface area contributed by atoms with Gasteiger partial charge in [0.15, 0.2) is 10.4 Å². The molecular formula is C23H21BrN2O5. The van der Waals surface area contributed by atoms with E-state index in [1.165, 1.54) is 0 Å². The largest absolute Gasteiger partial charge is 0.462 e. The maximum absolute atomic E-state index is 12.3. The molecule has 0 saturated carbocycles. The Balaban J connectivity index is 1.51. The second kappa shape index (κ2) is 10.6. The summed E-state index contributed by atoms with van der Waals surface area (Å²) in [5, 5.41) is 5.52. The van der Waals surface area contributed by atoms with E-state index >= 15 is 0 Å². The zero-order chi connectivity index (χ0) is 22.2. The SMILES string of the molecule is CCCOC(=O)c1ccc(NC(=O)Cc2ccc(NC(=O)c3ccc(Br)o3)cc2)cc1. The minimum absolute atomic E-state index is 0.166. The zero-order valence-corrected chi connectivity index (χ0v) is 18.4. The number of hydrogen-bond acceptors (Lipinski definition) is 5. The van der Waals surface area contributed by atoms with Gasteiger partial charge < -0.3 is 19.8 Å². The van der Waals surface area contributed by atoms with Crippen molar-refractivity contribution in [1.82, 2.24) is 0 Å². The Bertz CT molecular complexity index is 1060. The van der Waals surface area contributed by atoms with Crippen molar-refractivity contribution < 1.29 is 23.5 Å². The number of furan rings is 1. The lowest BCUT2D eigenvalue weighted by molar-refractivity contribution is -0.115. The van der Waals surface area contributed by atoms with Crippen molar-refractivity contribution in [2.24, 2.45) is 0 Å². The molecule has 3 aromatic rings. The number of amides is 2. The number of ether oxygens (including phenoxy) is 1. The van der Waals surface area contributed by atoms with Gasteiger partial charge in [0.2, 0.25) is 5.91 Å². The molecule has 8 heteroatoms. The van der Waals surface area contributed by atoms with Crippen molar-refractivity contribution in [3.63, 3.8) is 0 Å². The first kappa shape index (κ1) is 22.3. The monoisotopic (exact) mass is 484 g/mol. The molecule has 0 aliphatic rings. The number of benzene rings is 2. The van der Waals surface area contributed by atoms with Crippen LogP contribution in [0.15, 0.2) is 69.8 Å². The molecule has 0 fully saturated rings. The van der Waals surface area contributed by atoms with E-state index in [0.717, 1.165) is 12.0 Å². The highest BCUT2D eigenvalue weighted by Crippen LogP contribution is 2.17. The molecule has 0 aliphatic carbocycles. The Kier molecular flexibility index (Phi) is 7.61. The number of hydrogen-bond donors (Lipinski definition) is 2. The van der Waals surface area contributed by atoms with E-state index in [2.05, 4.69) is 26.6 Å². The fourth-order valence-electron chi connectivity index (χ4n) is 2.69. The fraction of sp³-hybridized carbons (Fsp3) is 0.174. The second-order valence-electron chi connectivity index (χ2n) is 6.69. The third-order valence-electron chi connectivity index (χ3n) is 4.22. The molecule has 2 amide bonds. The summed E-state index contributed by atoms with van der Waals surface area (Å²) < 4.78 is 10.8. The molecule has 3 rings (SSSR count). The molecule has 31 heavy (non-hydrogen) atoms. The smallest absolute Gasteiger partial charge is 0.338 e. The molecule has 7 nitrogen and oxygen atoms in total. The quantitative estimate of drug-likeness (QED) is 0.436. The average Bonchev–Trinajstić information content (AvgIpc) is 3.20. The van der Waals surface area contributed by atoms with Gasteiger partial charge >= 0.3 is 5.97 Å². The van der Waals surface area contributed by atoms with Crippen LogP contribution in [0.25, 0.3) is 0 Å². The highest BCUT2D eigenvalue weighted by atomic mass is 79.9. The Morgan fingerprint density at radius 2 is 1.55 bits per heavy atom. The van der Waals surface area contributed by atoms with Crippen molar-refractivity contribution in [3.8, 4) is 0 Å². The van der Waals surface area contributed by atoms with Crippen molar-refractivity contribution in [3.05, 3.63) is 82.2 Å². The van der Waals surface area contributed by atoms with Gasteiger partial charge in [-0.2, -0.15) is 0 Å². The van der Waals surface area contributed by atoms with Crippen LogP contribution >= 0.6 is 15.9 Å². The lowest BCUT2D eigenvalue weighted by Crippen LogP contribution is -2.15. The van der Waals surface area contributed by atoms with Crippen LogP contribution in [-0.4, -0.2) is 24.4 Å². The van der Waals surface area contributed by atoms with E-state index in [4.69, 9.17) is 9.15 Å². The summed E-state index contributed by atoms with van der Waals surface area (Å²) in [6, 6.07) is 16.7. The van der Waals surface area contributed by atoms with E-state index < -0.39 is 0 Å². The normalized spacial score (nSPS) is 10.4. The lowest BCUT2D eigenvalue weighted by Gasteiger charge is -2.08. The number of carbonyl (C=O) groups is 3. The first-order chi connectivity index (χ1) is 14.9.